The van der Waals surface area contributed by atoms with E-state index >= 15 is 0 Å². The lowest BCUT2D eigenvalue weighted by atomic mass is 10.0. The van der Waals surface area contributed by atoms with Gasteiger partial charge in [0.25, 0.3) is 0 Å². The minimum Gasteiger partial charge on any atom is -0.396 e. The van der Waals surface area contributed by atoms with E-state index in [1.165, 1.54) is 24.1 Å². The van der Waals surface area contributed by atoms with E-state index in [2.05, 4.69) is 43.4 Å². The van der Waals surface area contributed by atoms with E-state index in [0.29, 0.717) is 11.5 Å². The molecule has 2 rings (SSSR count). The molecule has 1 aliphatic carbocycles. The molecule has 1 aromatic carbocycles. The fourth-order valence-electron chi connectivity index (χ4n) is 1.95. The molecule has 0 radical (unpaired) electrons. The maximum atomic E-state index is 8.83. The largest absolute Gasteiger partial charge is 0.396 e. The first-order valence-electron chi connectivity index (χ1n) is 6.10. The van der Waals surface area contributed by atoms with E-state index in [1.54, 1.807) is 0 Å². The molecular formula is C14H21NO. The minimum atomic E-state index is 0.223. The number of aliphatic hydroxyl groups is 1. The van der Waals surface area contributed by atoms with E-state index in [1.807, 2.05) is 0 Å². The maximum absolute atomic E-state index is 8.83. The first kappa shape index (κ1) is 11.5. The third-order valence-corrected chi connectivity index (χ3v) is 3.82. The summed E-state index contributed by atoms with van der Waals surface area (Å²) in [5, 5.41) is 12.4. The summed E-state index contributed by atoms with van der Waals surface area (Å²) in [4.78, 5) is 0. The van der Waals surface area contributed by atoms with Crippen LogP contribution in [0.1, 0.15) is 32.3 Å². The van der Waals surface area contributed by atoms with Crippen molar-refractivity contribution in [1.82, 2.24) is 0 Å². The molecule has 0 aromatic heterocycles. The zero-order valence-electron chi connectivity index (χ0n) is 10.2. The summed E-state index contributed by atoms with van der Waals surface area (Å²) in [5.41, 5.74) is 2.88. The smallest absolute Gasteiger partial charge is 0.0471 e. The van der Waals surface area contributed by atoms with E-state index < -0.39 is 0 Å². The topological polar surface area (TPSA) is 32.3 Å². The normalized spacial score (nSPS) is 19.2. The van der Waals surface area contributed by atoms with Crippen molar-refractivity contribution in [3.8, 4) is 0 Å². The highest BCUT2D eigenvalue weighted by Gasteiger charge is 2.42. The molecule has 1 unspecified atom stereocenters. The van der Waals surface area contributed by atoms with Gasteiger partial charge in [0, 0.05) is 18.3 Å². The summed E-state index contributed by atoms with van der Waals surface area (Å²) in [7, 11) is 0. The second-order valence-corrected chi connectivity index (χ2v) is 5.19. The van der Waals surface area contributed by atoms with Crippen molar-refractivity contribution in [3.63, 3.8) is 0 Å². The molecule has 2 N–H and O–H groups in total. The lowest BCUT2D eigenvalue weighted by Gasteiger charge is -2.21. The van der Waals surface area contributed by atoms with E-state index in [0.717, 1.165) is 6.42 Å². The molecule has 0 heterocycles. The van der Waals surface area contributed by atoms with Crippen LogP contribution in [0.15, 0.2) is 24.3 Å². The van der Waals surface area contributed by atoms with Crippen LogP contribution < -0.4 is 5.32 Å². The Kier molecular flexibility index (Phi) is 3.20. The first-order chi connectivity index (χ1) is 7.64. The molecule has 88 valence electrons. The molecule has 1 aliphatic rings. The number of hydrogen-bond donors (Lipinski definition) is 2. The van der Waals surface area contributed by atoms with Gasteiger partial charge in [-0.25, -0.2) is 0 Å². The van der Waals surface area contributed by atoms with E-state index in [9.17, 15) is 0 Å². The molecule has 0 saturated heterocycles. The van der Waals surface area contributed by atoms with Gasteiger partial charge in [0.2, 0.25) is 0 Å². The molecule has 2 nitrogen and oxygen atoms in total. The summed E-state index contributed by atoms with van der Waals surface area (Å²) < 4.78 is 0. The van der Waals surface area contributed by atoms with Crippen LogP contribution in [-0.4, -0.2) is 17.8 Å². The number of aliphatic hydroxyl groups excluding tert-OH is 1. The van der Waals surface area contributed by atoms with Gasteiger partial charge in [0.15, 0.2) is 0 Å². The highest BCUT2D eigenvalue weighted by molar-refractivity contribution is 5.46. The van der Waals surface area contributed by atoms with Gasteiger partial charge in [-0.2, -0.15) is 0 Å². The first-order valence-corrected chi connectivity index (χ1v) is 6.10. The van der Waals surface area contributed by atoms with Crippen molar-refractivity contribution in [2.45, 2.75) is 39.2 Å². The second-order valence-electron chi connectivity index (χ2n) is 5.19. The van der Waals surface area contributed by atoms with Crippen molar-refractivity contribution >= 4 is 5.69 Å². The second kappa shape index (κ2) is 4.46. The SMILES string of the molecule is CC(Nc1ccc(CCO)cc1)C1(C)CC1. The molecular weight excluding hydrogens is 198 g/mol. The van der Waals surface area contributed by atoms with Crippen LogP contribution in [0.5, 0.6) is 0 Å². The van der Waals surface area contributed by atoms with Gasteiger partial charge in [-0.15, -0.1) is 0 Å². The monoisotopic (exact) mass is 219 g/mol. The van der Waals surface area contributed by atoms with Gasteiger partial charge in [-0.05, 0) is 49.3 Å². The van der Waals surface area contributed by atoms with E-state index in [-0.39, 0.29) is 6.61 Å². The summed E-state index contributed by atoms with van der Waals surface area (Å²) >= 11 is 0. The molecule has 1 atom stereocenters. The third-order valence-electron chi connectivity index (χ3n) is 3.82. The third kappa shape index (κ3) is 2.56. The number of hydrogen-bond acceptors (Lipinski definition) is 2. The van der Waals surface area contributed by atoms with Gasteiger partial charge >= 0.3 is 0 Å². The molecule has 1 aromatic rings. The van der Waals surface area contributed by atoms with Gasteiger partial charge in [0.05, 0.1) is 0 Å². The van der Waals surface area contributed by atoms with Crippen molar-refractivity contribution in [3.05, 3.63) is 29.8 Å². The zero-order valence-corrected chi connectivity index (χ0v) is 10.2. The van der Waals surface area contributed by atoms with Gasteiger partial charge in [0.1, 0.15) is 0 Å². The Balaban J connectivity index is 1.94. The lowest BCUT2D eigenvalue weighted by Crippen LogP contribution is -2.24. The summed E-state index contributed by atoms with van der Waals surface area (Å²) in [6, 6.07) is 8.91. The minimum absolute atomic E-state index is 0.223. The summed E-state index contributed by atoms with van der Waals surface area (Å²) in [5.74, 6) is 0. The Morgan fingerprint density at radius 1 is 1.31 bits per heavy atom. The molecule has 2 heteroatoms. The summed E-state index contributed by atoms with van der Waals surface area (Å²) in [6.45, 7) is 4.82. The Labute approximate surface area is 97.7 Å². The Hall–Kier alpha value is -1.02. The van der Waals surface area contributed by atoms with Crippen LogP contribution in [0, 0.1) is 5.41 Å². The van der Waals surface area contributed by atoms with Crippen LogP contribution in [0.4, 0.5) is 5.69 Å². The average molecular weight is 219 g/mol. The van der Waals surface area contributed by atoms with Crippen molar-refractivity contribution in [2.75, 3.05) is 11.9 Å². The number of nitrogens with one attached hydrogen (secondary N) is 1. The fourth-order valence-corrected chi connectivity index (χ4v) is 1.95. The van der Waals surface area contributed by atoms with Crippen LogP contribution in [0.3, 0.4) is 0 Å². The molecule has 0 aliphatic heterocycles. The van der Waals surface area contributed by atoms with Gasteiger partial charge < -0.3 is 10.4 Å². The maximum Gasteiger partial charge on any atom is 0.0471 e. The standard InChI is InChI=1S/C14H21NO/c1-11(14(2)8-9-14)15-13-5-3-12(4-6-13)7-10-16/h3-6,11,15-16H,7-10H2,1-2H3. The van der Waals surface area contributed by atoms with Crippen molar-refractivity contribution in [1.29, 1.82) is 0 Å². The van der Waals surface area contributed by atoms with Gasteiger partial charge in [-0.3, -0.25) is 0 Å². The van der Waals surface area contributed by atoms with Crippen molar-refractivity contribution < 1.29 is 5.11 Å². The highest BCUT2D eigenvalue weighted by Crippen LogP contribution is 2.48. The molecule has 1 fully saturated rings. The molecule has 1 saturated carbocycles. The quantitative estimate of drug-likeness (QED) is 0.798. The average Bonchev–Trinajstić information content (AvgIpc) is 3.01. The lowest BCUT2D eigenvalue weighted by molar-refractivity contribution is 0.299. The predicted molar refractivity (Wildman–Crippen MR) is 67.7 cm³/mol. The van der Waals surface area contributed by atoms with E-state index in [4.69, 9.17) is 5.11 Å². The Morgan fingerprint density at radius 3 is 2.44 bits per heavy atom. The van der Waals surface area contributed by atoms with Gasteiger partial charge in [-0.1, -0.05) is 19.1 Å². The number of benzene rings is 1. The Morgan fingerprint density at radius 2 is 1.94 bits per heavy atom. The van der Waals surface area contributed by atoms with Crippen molar-refractivity contribution in [2.24, 2.45) is 5.41 Å². The number of rotatable bonds is 5. The highest BCUT2D eigenvalue weighted by atomic mass is 16.2. The fraction of sp³-hybridized carbons (Fsp3) is 0.571. The molecule has 16 heavy (non-hydrogen) atoms. The van der Waals surface area contributed by atoms with Crippen LogP contribution in [0.25, 0.3) is 0 Å². The van der Waals surface area contributed by atoms with Crippen LogP contribution in [-0.2, 0) is 6.42 Å². The Bertz CT molecular complexity index is 340. The summed E-state index contributed by atoms with van der Waals surface area (Å²) in [6.07, 6.45) is 3.42. The molecule has 0 bridgehead atoms. The zero-order chi connectivity index (χ0) is 11.6. The van der Waals surface area contributed by atoms with Crippen LogP contribution >= 0.6 is 0 Å². The predicted octanol–water partition coefficient (Wildman–Crippen LogP) is 2.82. The number of anilines is 1. The molecule has 0 spiro atoms. The molecule has 0 amide bonds. The van der Waals surface area contributed by atoms with Crippen LogP contribution in [0.2, 0.25) is 0 Å².